The molecule has 0 aromatic heterocycles. The third-order valence-corrected chi connectivity index (χ3v) is 2.18. The molecule has 0 saturated carbocycles. The topological polar surface area (TPSA) is 9.23 Å². The van der Waals surface area contributed by atoms with Gasteiger partial charge >= 0.3 is 0 Å². The second-order valence-corrected chi connectivity index (χ2v) is 3.36. The summed E-state index contributed by atoms with van der Waals surface area (Å²) < 4.78 is 5.48. The second kappa shape index (κ2) is 9.05. The summed E-state index contributed by atoms with van der Waals surface area (Å²) in [6, 6.07) is 0. The summed E-state index contributed by atoms with van der Waals surface area (Å²) in [4.78, 5) is 0. The summed E-state index contributed by atoms with van der Waals surface area (Å²) >= 11 is 0. The first-order valence-electron chi connectivity index (χ1n) is 5.20. The number of hydrogen-bond acceptors (Lipinski definition) is 1. The summed E-state index contributed by atoms with van der Waals surface area (Å²) in [5.41, 5.74) is 0. The van der Waals surface area contributed by atoms with Crippen molar-refractivity contribution in [3.05, 3.63) is 6.42 Å². The van der Waals surface area contributed by atoms with Crippen molar-refractivity contribution in [2.45, 2.75) is 46.5 Å². The lowest BCUT2D eigenvalue weighted by atomic mass is 10.0. The maximum Gasteiger partial charge on any atom is 0.0495 e. The number of unbranched alkanes of at least 4 members (excludes halogenated alkanes) is 1. The first-order chi connectivity index (χ1) is 5.85. The molecule has 0 rings (SSSR count). The Morgan fingerprint density at radius 1 is 1.33 bits per heavy atom. The van der Waals surface area contributed by atoms with Gasteiger partial charge in [0.25, 0.3) is 0 Å². The predicted molar refractivity (Wildman–Crippen MR) is 54.1 cm³/mol. The van der Waals surface area contributed by atoms with Crippen molar-refractivity contribution in [2.75, 3.05) is 13.2 Å². The van der Waals surface area contributed by atoms with Gasteiger partial charge in [0.05, 0.1) is 0 Å². The van der Waals surface area contributed by atoms with Crippen molar-refractivity contribution < 1.29 is 4.74 Å². The average molecular weight is 171 g/mol. The fourth-order valence-electron chi connectivity index (χ4n) is 1.25. The Hall–Kier alpha value is -0.0400. The zero-order chi connectivity index (χ0) is 9.23. The molecule has 1 radical (unpaired) electrons. The van der Waals surface area contributed by atoms with Crippen LogP contribution < -0.4 is 0 Å². The van der Waals surface area contributed by atoms with Gasteiger partial charge in [-0.3, -0.25) is 0 Å². The molecule has 1 unspecified atom stereocenters. The monoisotopic (exact) mass is 171 g/mol. The zero-order valence-electron chi connectivity index (χ0n) is 8.81. The molecule has 73 valence electrons. The van der Waals surface area contributed by atoms with Gasteiger partial charge in [-0.2, -0.15) is 0 Å². The standard InChI is InChI=1S/C11H23O/c1-4-7-8-11(6-3)10-12-9-5-2/h5,11H,4,6-10H2,1-3H3. The molecule has 0 amide bonds. The molecular weight excluding hydrogens is 148 g/mol. The van der Waals surface area contributed by atoms with Crippen LogP contribution >= 0.6 is 0 Å². The predicted octanol–water partition coefficient (Wildman–Crippen LogP) is 3.44. The molecule has 0 aliphatic carbocycles. The molecule has 0 aromatic carbocycles. The van der Waals surface area contributed by atoms with Crippen molar-refractivity contribution in [1.29, 1.82) is 0 Å². The van der Waals surface area contributed by atoms with Gasteiger partial charge in [0, 0.05) is 13.2 Å². The number of rotatable bonds is 8. The third-order valence-electron chi connectivity index (χ3n) is 2.18. The summed E-state index contributed by atoms with van der Waals surface area (Å²) in [6.07, 6.45) is 7.29. The molecule has 0 aliphatic rings. The molecule has 0 saturated heterocycles. The first-order valence-corrected chi connectivity index (χ1v) is 5.20. The molecule has 0 aliphatic heterocycles. The quantitative estimate of drug-likeness (QED) is 0.508. The Labute approximate surface area is 77.5 Å². The van der Waals surface area contributed by atoms with Crippen LogP contribution in [0.3, 0.4) is 0 Å². The lowest BCUT2D eigenvalue weighted by molar-refractivity contribution is 0.110. The van der Waals surface area contributed by atoms with E-state index < -0.39 is 0 Å². The van der Waals surface area contributed by atoms with Gasteiger partial charge in [-0.15, -0.1) is 0 Å². The van der Waals surface area contributed by atoms with Crippen molar-refractivity contribution in [2.24, 2.45) is 5.92 Å². The summed E-state index contributed by atoms with van der Waals surface area (Å²) in [5, 5.41) is 0. The van der Waals surface area contributed by atoms with E-state index in [1.54, 1.807) is 0 Å². The normalized spacial score (nSPS) is 13.2. The highest BCUT2D eigenvalue weighted by atomic mass is 16.5. The molecule has 0 spiro atoms. The molecule has 0 heterocycles. The summed E-state index contributed by atoms with van der Waals surface area (Å²) in [6.45, 7) is 8.28. The largest absolute Gasteiger partial charge is 0.381 e. The van der Waals surface area contributed by atoms with Crippen LogP contribution in [-0.2, 0) is 4.74 Å². The minimum Gasteiger partial charge on any atom is -0.381 e. The van der Waals surface area contributed by atoms with Crippen LogP contribution in [0, 0.1) is 12.3 Å². The van der Waals surface area contributed by atoms with E-state index in [2.05, 4.69) is 20.3 Å². The fraction of sp³-hybridized carbons (Fsp3) is 0.909. The summed E-state index contributed by atoms with van der Waals surface area (Å²) in [7, 11) is 0. The van der Waals surface area contributed by atoms with Gasteiger partial charge in [0.2, 0.25) is 0 Å². The maximum atomic E-state index is 5.48. The smallest absolute Gasteiger partial charge is 0.0495 e. The van der Waals surface area contributed by atoms with E-state index in [1.165, 1.54) is 25.7 Å². The highest BCUT2D eigenvalue weighted by Gasteiger charge is 2.04. The molecule has 0 aromatic rings. The fourth-order valence-corrected chi connectivity index (χ4v) is 1.25. The molecule has 0 fully saturated rings. The third kappa shape index (κ3) is 6.66. The van der Waals surface area contributed by atoms with Crippen LogP contribution in [0.4, 0.5) is 0 Å². The molecule has 1 heteroatoms. The maximum absolute atomic E-state index is 5.48. The van der Waals surface area contributed by atoms with E-state index in [4.69, 9.17) is 4.74 Å². The van der Waals surface area contributed by atoms with Crippen LogP contribution in [0.15, 0.2) is 0 Å². The first kappa shape index (κ1) is 12.0. The van der Waals surface area contributed by atoms with Crippen LogP contribution in [-0.4, -0.2) is 13.2 Å². The zero-order valence-corrected chi connectivity index (χ0v) is 8.81. The van der Waals surface area contributed by atoms with E-state index >= 15 is 0 Å². The minimum atomic E-state index is 0.782. The lowest BCUT2D eigenvalue weighted by Gasteiger charge is -2.13. The van der Waals surface area contributed by atoms with Crippen molar-refractivity contribution in [3.8, 4) is 0 Å². The van der Waals surface area contributed by atoms with Gasteiger partial charge in [-0.25, -0.2) is 0 Å². The highest BCUT2D eigenvalue weighted by molar-refractivity contribution is 4.58. The van der Waals surface area contributed by atoms with Gasteiger partial charge in [0.1, 0.15) is 0 Å². The van der Waals surface area contributed by atoms with E-state index in [1.807, 2.05) is 6.92 Å². The van der Waals surface area contributed by atoms with Gasteiger partial charge in [0.15, 0.2) is 0 Å². The van der Waals surface area contributed by atoms with E-state index in [0.29, 0.717) is 0 Å². The van der Waals surface area contributed by atoms with Gasteiger partial charge in [-0.05, 0) is 18.8 Å². The molecule has 1 nitrogen and oxygen atoms in total. The Bertz CT molecular complexity index is 81.1. The van der Waals surface area contributed by atoms with E-state index in [-0.39, 0.29) is 0 Å². The second-order valence-electron chi connectivity index (χ2n) is 3.36. The molecule has 1 atom stereocenters. The van der Waals surface area contributed by atoms with E-state index in [0.717, 1.165) is 19.1 Å². The van der Waals surface area contributed by atoms with Crippen molar-refractivity contribution in [1.82, 2.24) is 0 Å². The van der Waals surface area contributed by atoms with Gasteiger partial charge in [-0.1, -0.05) is 40.0 Å². The molecule has 0 bridgehead atoms. The Balaban J connectivity index is 3.26. The Morgan fingerprint density at radius 2 is 2.08 bits per heavy atom. The van der Waals surface area contributed by atoms with Crippen LogP contribution in [0.25, 0.3) is 0 Å². The Kier molecular flexibility index (Phi) is 9.02. The van der Waals surface area contributed by atoms with Crippen LogP contribution in [0.2, 0.25) is 0 Å². The van der Waals surface area contributed by atoms with Crippen molar-refractivity contribution >= 4 is 0 Å². The SMILES string of the molecule is C[CH]COCC(CC)CCCC. The van der Waals surface area contributed by atoms with Crippen molar-refractivity contribution in [3.63, 3.8) is 0 Å². The minimum absolute atomic E-state index is 0.782. The average Bonchev–Trinajstić information content (AvgIpc) is 2.11. The van der Waals surface area contributed by atoms with E-state index in [9.17, 15) is 0 Å². The number of hydrogen-bond donors (Lipinski definition) is 0. The van der Waals surface area contributed by atoms with Crippen LogP contribution in [0.1, 0.15) is 46.5 Å². The highest BCUT2D eigenvalue weighted by Crippen LogP contribution is 2.12. The molecule has 0 N–H and O–H groups in total. The van der Waals surface area contributed by atoms with Gasteiger partial charge < -0.3 is 4.74 Å². The van der Waals surface area contributed by atoms with Crippen LogP contribution in [0.5, 0.6) is 0 Å². The molecule has 12 heavy (non-hydrogen) atoms. The number of ether oxygens (including phenoxy) is 1. The lowest BCUT2D eigenvalue weighted by Crippen LogP contribution is -2.09. The summed E-state index contributed by atoms with van der Waals surface area (Å²) in [5.74, 6) is 0.782. The Morgan fingerprint density at radius 3 is 2.58 bits per heavy atom. The molecular formula is C11H23O.